The summed E-state index contributed by atoms with van der Waals surface area (Å²) >= 11 is 0. The van der Waals surface area contributed by atoms with E-state index in [4.69, 9.17) is 4.74 Å². The molecule has 3 rings (SSSR count). The van der Waals surface area contributed by atoms with Gasteiger partial charge in [0.1, 0.15) is 5.75 Å². The Morgan fingerprint density at radius 1 is 1.19 bits per heavy atom. The minimum absolute atomic E-state index is 0.220. The minimum Gasteiger partial charge on any atom is -0.490 e. The number of para-hydroxylation sites is 1. The summed E-state index contributed by atoms with van der Waals surface area (Å²) in [5.41, 5.74) is 1.21. The lowest BCUT2D eigenvalue weighted by Gasteiger charge is -2.18. The molecule has 1 heterocycles. The number of hydrogen-bond acceptors (Lipinski definition) is 4. The summed E-state index contributed by atoms with van der Waals surface area (Å²) in [6, 6.07) is 8.30. The predicted molar refractivity (Wildman–Crippen MR) is 83.4 cm³/mol. The normalized spacial score (nSPS) is 26.3. The Morgan fingerprint density at radius 2 is 2.00 bits per heavy atom. The van der Waals surface area contributed by atoms with Gasteiger partial charge < -0.3 is 20.5 Å². The predicted octanol–water partition coefficient (Wildman–Crippen LogP) is 1.68. The van der Waals surface area contributed by atoms with Crippen LogP contribution >= 0.6 is 0 Å². The fourth-order valence-electron chi connectivity index (χ4n) is 3.27. The van der Waals surface area contributed by atoms with Crippen LogP contribution in [0, 0.1) is 5.92 Å². The van der Waals surface area contributed by atoms with Crippen LogP contribution in [0.5, 0.6) is 5.75 Å². The second-order valence-electron chi connectivity index (χ2n) is 6.25. The summed E-state index contributed by atoms with van der Waals surface area (Å²) in [4.78, 5) is 0. The lowest BCUT2D eigenvalue weighted by molar-refractivity contribution is 0.146. The first-order chi connectivity index (χ1) is 10.3. The number of β-amino-alcohol motifs (C(OH)–C–C–N with tert-alkyl or cyclic N) is 1. The summed E-state index contributed by atoms with van der Waals surface area (Å²) in [7, 11) is 0. The SMILES string of the molecule is OC1CNCC1CNCc1ccccc1OC1CCCC1. The molecule has 0 radical (unpaired) electrons. The maximum atomic E-state index is 9.80. The zero-order chi connectivity index (χ0) is 14.5. The number of aliphatic hydroxyl groups excluding tert-OH is 1. The lowest BCUT2D eigenvalue weighted by Crippen LogP contribution is -2.30. The number of nitrogens with one attached hydrogen (secondary N) is 2. The molecule has 0 amide bonds. The molecule has 1 aromatic rings. The first-order valence-electron chi connectivity index (χ1n) is 8.17. The molecule has 21 heavy (non-hydrogen) atoms. The third kappa shape index (κ3) is 3.96. The molecular formula is C17H26N2O2. The molecule has 0 bridgehead atoms. The van der Waals surface area contributed by atoms with Crippen LogP contribution in [0.1, 0.15) is 31.2 Å². The molecule has 1 saturated carbocycles. The summed E-state index contributed by atoms with van der Waals surface area (Å²) in [6.07, 6.45) is 5.12. The first-order valence-corrected chi connectivity index (χ1v) is 8.17. The molecule has 1 aromatic carbocycles. The van der Waals surface area contributed by atoms with Gasteiger partial charge in [-0.2, -0.15) is 0 Å². The standard InChI is InChI=1S/C17H26N2O2/c20-16-12-19-11-14(16)10-18-9-13-5-1-4-8-17(13)21-15-6-2-3-7-15/h1,4-5,8,14-16,18-20H,2-3,6-7,9-12H2. The van der Waals surface area contributed by atoms with Gasteiger partial charge in [0.25, 0.3) is 0 Å². The smallest absolute Gasteiger partial charge is 0.124 e. The van der Waals surface area contributed by atoms with Crippen LogP contribution in [0.2, 0.25) is 0 Å². The fourth-order valence-corrected chi connectivity index (χ4v) is 3.27. The van der Waals surface area contributed by atoms with Gasteiger partial charge in [0.05, 0.1) is 12.2 Å². The van der Waals surface area contributed by atoms with Gasteiger partial charge in [-0.1, -0.05) is 18.2 Å². The van der Waals surface area contributed by atoms with Gasteiger partial charge in [-0.25, -0.2) is 0 Å². The van der Waals surface area contributed by atoms with Crippen molar-refractivity contribution in [1.82, 2.24) is 10.6 Å². The van der Waals surface area contributed by atoms with Gasteiger partial charge in [0.15, 0.2) is 0 Å². The summed E-state index contributed by atoms with van der Waals surface area (Å²) in [5.74, 6) is 1.33. The van der Waals surface area contributed by atoms with Crippen molar-refractivity contribution in [3.63, 3.8) is 0 Å². The van der Waals surface area contributed by atoms with Crippen LogP contribution in [0.4, 0.5) is 0 Å². The van der Waals surface area contributed by atoms with E-state index in [0.717, 1.165) is 25.4 Å². The van der Waals surface area contributed by atoms with Gasteiger partial charge in [-0.3, -0.25) is 0 Å². The molecule has 4 heteroatoms. The van der Waals surface area contributed by atoms with E-state index in [9.17, 15) is 5.11 Å². The highest BCUT2D eigenvalue weighted by atomic mass is 16.5. The second kappa shape index (κ2) is 7.25. The highest BCUT2D eigenvalue weighted by Gasteiger charge is 2.24. The molecule has 1 aliphatic heterocycles. The van der Waals surface area contributed by atoms with Crippen LogP contribution in [-0.4, -0.2) is 36.9 Å². The van der Waals surface area contributed by atoms with Crippen LogP contribution < -0.4 is 15.4 Å². The summed E-state index contributed by atoms with van der Waals surface area (Å²) < 4.78 is 6.15. The van der Waals surface area contributed by atoms with Crippen molar-refractivity contribution in [2.24, 2.45) is 5.92 Å². The second-order valence-corrected chi connectivity index (χ2v) is 6.25. The number of benzene rings is 1. The molecule has 2 fully saturated rings. The van der Waals surface area contributed by atoms with E-state index >= 15 is 0 Å². The zero-order valence-corrected chi connectivity index (χ0v) is 12.6. The van der Waals surface area contributed by atoms with Gasteiger partial charge in [-0.15, -0.1) is 0 Å². The Bertz CT molecular complexity index is 446. The molecular weight excluding hydrogens is 264 g/mol. The fraction of sp³-hybridized carbons (Fsp3) is 0.647. The quantitative estimate of drug-likeness (QED) is 0.746. The maximum Gasteiger partial charge on any atom is 0.124 e. The Balaban J connectivity index is 1.52. The van der Waals surface area contributed by atoms with Gasteiger partial charge in [0.2, 0.25) is 0 Å². The number of hydrogen-bond donors (Lipinski definition) is 3. The molecule has 2 atom stereocenters. The van der Waals surface area contributed by atoms with E-state index in [1.807, 2.05) is 6.07 Å². The molecule has 0 aromatic heterocycles. The van der Waals surface area contributed by atoms with E-state index in [2.05, 4.69) is 28.8 Å². The van der Waals surface area contributed by atoms with Crippen LogP contribution in [-0.2, 0) is 6.54 Å². The number of ether oxygens (including phenoxy) is 1. The molecule has 0 spiro atoms. The van der Waals surface area contributed by atoms with Crippen molar-refractivity contribution in [2.75, 3.05) is 19.6 Å². The first kappa shape index (κ1) is 14.8. The minimum atomic E-state index is -0.220. The van der Waals surface area contributed by atoms with Crippen LogP contribution in [0.15, 0.2) is 24.3 Å². The summed E-state index contributed by atoms with van der Waals surface area (Å²) in [5, 5.41) is 16.5. The largest absolute Gasteiger partial charge is 0.490 e. The van der Waals surface area contributed by atoms with Crippen molar-refractivity contribution in [1.29, 1.82) is 0 Å². The third-order valence-corrected chi connectivity index (χ3v) is 4.59. The zero-order valence-electron chi connectivity index (χ0n) is 12.6. The van der Waals surface area contributed by atoms with Crippen molar-refractivity contribution in [2.45, 2.75) is 44.4 Å². The molecule has 4 nitrogen and oxygen atoms in total. The van der Waals surface area contributed by atoms with Crippen molar-refractivity contribution in [3.05, 3.63) is 29.8 Å². The average molecular weight is 290 g/mol. The van der Waals surface area contributed by atoms with Crippen molar-refractivity contribution < 1.29 is 9.84 Å². The molecule has 116 valence electrons. The molecule has 2 unspecified atom stereocenters. The molecule has 3 N–H and O–H groups in total. The Kier molecular flexibility index (Phi) is 5.12. The summed E-state index contributed by atoms with van der Waals surface area (Å²) in [6.45, 7) is 3.25. The monoisotopic (exact) mass is 290 g/mol. The van der Waals surface area contributed by atoms with Crippen molar-refractivity contribution >= 4 is 0 Å². The molecule has 2 aliphatic rings. The molecule has 1 aliphatic carbocycles. The van der Waals surface area contributed by atoms with Crippen LogP contribution in [0.25, 0.3) is 0 Å². The third-order valence-electron chi connectivity index (χ3n) is 4.59. The number of rotatable bonds is 6. The Labute approximate surface area is 126 Å². The Hall–Kier alpha value is -1.10. The topological polar surface area (TPSA) is 53.5 Å². The van der Waals surface area contributed by atoms with Crippen LogP contribution in [0.3, 0.4) is 0 Å². The molecule has 1 saturated heterocycles. The number of aliphatic hydroxyl groups is 1. The maximum absolute atomic E-state index is 9.80. The highest BCUT2D eigenvalue weighted by Crippen LogP contribution is 2.26. The van der Waals surface area contributed by atoms with E-state index in [1.165, 1.54) is 31.2 Å². The van der Waals surface area contributed by atoms with Crippen molar-refractivity contribution in [3.8, 4) is 5.75 Å². The lowest BCUT2D eigenvalue weighted by atomic mass is 10.1. The highest BCUT2D eigenvalue weighted by molar-refractivity contribution is 5.33. The van der Waals surface area contributed by atoms with Gasteiger partial charge in [-0.05, 0) is 31.7 Å². The Morgan fingerprint density at radius 3 is 2.76 bits per heavy atom. The van der Waals surface area contributed by atoms with Gasteiger partial charge in [0, 0.05) is 37.7 Å². The van der Waals surface area contributed by atoms with E-state index in [1.54, 1.807) is 0 Å². The van der Waals surface area contributed by atoms with E-state index in [0.29, 0.717) is 18.6 Å². The van der Waals surface area contributed by atoms with E-state index < -0.39 is 0 Å². The van der Waals surface area contributed by atoms with E-state index in [-0.39, 0.29) is 6.10 Å². The average Bonchev–Trinajstić information content (AvgIpc) is 3.13. The van der Waals surface area contributed by atoms with Gasteiger partial charge >= 0.3 is 0 Å².